The van der Waals surface area contributed by atoms with Crippen LogP contribution in [0.4, 0.5) is 17.1 Å². The van der Waals surface area contributed by atoms with Crippen LogP contribution in [0.1, 0.15) is 33.9 Å². The van der Waals surface area contributed by atoms with Crippen molar-refractivity contribution in [2.75, 3.05) is 28.6 Å². The standard InChI is InChI=1S/C25H24N4O4S/c1-4-21(30)29-12-14(3)33-19-7-6-16(10-18(19)29)28-24(31)15-5-8-20-17(9-15)22-23(34-20)25(32)27-13(2)11-26-22/h4-10,13-14,26H,1,11-12H2,2-3H3,(H,27,32)(H,28,31)/t13-,14+/m1/s1. The summed E-state index contributed by atoms with van der Waals surface area (Å²) in [6, 6.07) is 10.6. The average Bonchev–Trinajstić information content (AvgIpc) is 3.13. The van der Waals surface area contributed by atoms with Crippen LogP contribution >= 0.6 is 11.3 Å². The van der Waals surface area contributed by atoms with Gasteiger partial charge >= 0.3 is 0 Å². The summed E-state index contributed by atoms with van der Waals surface area (Å²) in [4.78, 5) is 40.2. The number of anilines is 3. The zero-order chi connectivity index (χ0) is 24.0. The first-order valence-electron chi connectivity index (χ1n) is 11.0. The molecule has 0 saturated heterocycles. The molecule has 0 radical (unpaired) electrons. The van der Waals surface area contributed by atoms with Gasteiger partial charge in [-0.1, -0.05) is 6.58 Å². The van der Waals surface area contributed by atoms with Crippen molar-refractivity contribution in [2.45, 2.75) is 26.0 Å². The topological polar surface area (TPSA) is 99.8 Å². The van der Waals surface area contributed by atoms with Crippen molar-refractivity contribution < 1.29 is 19.1 Å². The van der Waals surface area contributed by atoms with E-state index in [0.29, 0.717) is 40.7 Å². The number of fused-ring (bicyclic) bond motifs is 4. The van der Waals surface area contributed by atoms with Crippen molar-refractivity contribution >= 4 is 56.2 Å². The van der Waals surface area contributed by atoms with Crippen LogP contribution in [-0.4, -0.2) is 43.0 Å². The molecular weight excluding hydrogens is 452 g/mol. The molecule has 3 heterocycles. The molecule has 0 fully saturated rings. The molecule has 9 heteroatoms. The van der Waals surface area contributed by atoms with Gasteiger partial charge in [0.1, 0.15) is 16.7 Å². The van der Waals surface area contributed by atoms with E-state index in [0.717, 1.165) is 15.8 Å². The van der Waals surface area contributed by atoms with Crippen molar-refractivity contribution in [3.05, 3.63) is 59.5 Å². The Bertz CT molecular complexity index is 1350. The molecule has 2 aliphatic rings. The van der Waals surface area contributed by atoms with Crippen LogP contribution in [0.3, 0.4) is 0 Å². The lowest BCUT2D eigenvalue weighted by Crippen LogP contribution is -2.41. The van der Waals surface area contributed by atoms with Gasteiger partial charge in [-0.2, -0.15) is 0 Å². The lowest BCUT2D eigenvalue weighted by atomic mass is 10.1. The van der Waals surface area contributed by atoms with E-state index in [4.69, 9.17) is 4.74 Å². The summed E-state index contributed by atoms with van der Waals surface area (Å²) in [7, 11) is 0. The first-order valence-corrected chi connectivity index (χ1v) is 11.8. The number of carbonyl (C=O) groups excluding carboxylic acids is 3. The normalized spacial score (nSPS) is 19.1. The van der Waals surface area contributed by atoms with Gasteiger partial charge in [0, 0.05) is 33.9 Å². The summed E-state index contributed by atoms with van der Waals surface area (Å²) in [5.74, 6) is -0.0499. The SMILES string of the molecule is C=CC(=O)N1C[C@H](C)Oc2ccc(NC(=O)c3ccc4sc5c(c4c3)NC[C@@H](C)NC5=O)cc21. The Kier molecular flexibility index (Phi) is 5.49. The van der Waals surface area contributed by atoms with Crippen LogP contribution in [-0.2, 0) is 4.79 Å². The zero-order valence-corrected chi connectivity index (χ0v) is 19.6. The zero-order valence-electron chi connectivity index (χ0n) is 18.8. The molecule has 3 aromatic rings. The van der Waals surface area contributed by atoms with Gasteiger partial charge in [0.2, 0.25) is 0 Å². The quantitative estimate of drug-likeness (QED) is 0.497. The molecule has 3 amide bonds. The fourth-order valence-corrected chi connectivity index (χ4v) is 5.27. The first-order chi connectivity index (χ1) is 16.3. The smallest absolute Gasteiger partial charge is 0.263 e. The van der Waals surface area contributed by atoms with E-state index in [1.807, 2.05) is 19.9 Å². The molecule has 2 aliphatic heterocycles. The number of hydrogen-bond acceptors (Lipinski definition) is 6. The van der Waals surface area contributed by atoms with Crippen LogP contribution in [0.25, 0.3) is 10.1 Å². The number of nitrogens with one attached hydrogen (secondary N) is 3. The third-order valence-electron chi connectivity index (χ3n) is 5.84. The van der Waals surface area contributed by atoms with E-state index < -0.39 is 0 Å². The largest absolute Gasteiger partial charge is 0.487 e. The predicted molar refractivity (Wildman–Crippen MR) is 134 cm³/mol. The molecule has 2 atom stereocenters. The maximum atomic E-state index is 13.1. The average molecular weight is 477 g/mol. The second-order valence-electron chi connectivity index (χ2n) is 8.49. The van der Waals surface area contributed by atoms with E-state index >= 15 is 0 Å². The summed E-state index contributed by atoms with van der Waals surface area (Å²) in [6.45, 7) is 8.42. The maximum absolute atomic E-state index is 13.1. The molecule has 0 unspecified atom stereocenters. The molecule has 0 aliphatic carbocycles. The number of rotatable bonds is 3. The number of benzene rings is 2. The molecule has 0 saturated carbocycles. The summed E-state index contributed by atoms with van der Waals surface area (Å²) < 4.78 is 6.77. The predicted octanol–water partition coefficient (Wildman–Crippen LogP) is 4.00. The summed E-state index contributed by atoms with van der Waals surface area (Å²) in [6.07, 6.45) is 1.11. The van der Waals surface area contributed by atoms with E-state index in [1.54, 1.807) is 35.2 Å². The summed E-state index contributed by atoms with van der Waals surface area (Å²) in [5.41, 5.74) is 2.35. The number of amides is 3. The highest BCUT2D eigenvalue weighted by Gasteiger charge is 2.27. The molecule has 3 N–H and O–H groups in total. The summed E-state index contributed by atoms with van der Waals surface area (Å²) in [5, 5.41) is 10.0. The van der Waals surface area contributed by atoms with Crippen molar-refractivity contribution in [2.24, 2.45) is 0 Å². The van der Waals surface area contributed by atoms with Crippen molar-refractivity contribution in [1.29, 1.82) is 0 Å². The van der Waals surface area contributed by atoms with E-state index in [1.165, 1.54) is 17.4 Å². The van der Waals surface area contributed by atoms with Crippen molar-refractivity contribution in [3.63, 3.8) is 0 Å². The van der Waals surface area contributed by atoms with Crippen LogP contribution < -0.4 is 25.6 Å². The van der Waals surface area contributed by atoms with E-state index in [-0.39, 0.29) is 29.9 Å². The van der Waals surface area contributed by atoms with E-state index in [9.17, 15) is 14.4 Å². The molecular formula is C25H24N4O4S. The Balaban J connectivity index is 1.44. The Morgan fingerprint density at radius 3 is 2.85 bits per heavy atom. The van der Waals surface area contributed by atoms with Gasteiger partial charge in [-0.3, -0.25) is 14.4 Å². The number of carbonyl (C=O) groups is 3. The highest BCUT2D eigenvalue weighted by Crippen LogP contribution is 2.38. The van der Waals surface area contributed by atoms with Crippen LogP contribution in [0, 0.1) is 0 Å². The van der Waals surface area contributed by atoms with Gasteiger partial charge in [0.15, 0.2) is 0 Å². The molecule has 5 rings (SSSR count). The number of hydrogen-bond donors (Lipinski definition) is 3. The fraction of sp³-hybridized carbons (Fsp3) is 0.240. The lowest BCUT2D eigenvalue weighted by molar-refractivity contribution is -0.114. The van der Waals surface area contributed by atoms with Crippen LogP contribution in [0.5, 0.6) is 5.75 Å². The second-order valence-corrected chi connectivity index (χ2v) is 9.54. The van der Waals surface area contributed by atoms with E-state index in [2.05, 4.69) is 22.5 Å². The van der Waals surface area contributed by atoms with Gasteiger partial charge in [0.05, 0.1) is 17.9 Å². The molecule has 8 nitrogen and oxygen atoms in total. The third kappa shape index (κ3) is 3.88. The molecule has 1 aromatic heterocycles. The highest BCUT2D eigenvalue weighted by molar-refractivity contribution is 7.21. The third-order valence-corrected chi connectivity index (χ3v) is 7.00. The Labute approximate surface area is 200 Å². The summed E-state index contributed by atoms with van der Waals surface area (Å²) >= 11 is 1.40. The monoisotopic (exact) mass is 476 g/mol. The Hall–Kier alpha value is -3.85. The van der Waals surface area contributed by atoms with Gasteiger partial charge < -0.3 is 25.6 Å². The van der Waals surface area contributed by atoms with Gasteiger partial charge in [0.25, 0.3) is 17.7 Å². The van der Waals surface area contributed by atoms with Crippen LogP contribution in [0.15, 0.2) is 49.1 Å². The van der Waals surface area contributed by atoms with Gasteiger partial charge in [-0.15, -0.1) is 11.3 Å². The van der Waals surface area contributed by atoms with Crippen molar-refractivity contribution in [3.8, 4) is 5.75 Å². The van der Waals surface area contributed by atoms with Gasteiger partial charge in [-0.25, -0.2) is 0 Å². The minimum absolute atomic E-state index is 0.0112. The number of thiophene rings is 1. The number of nitrogens with zero attached hydrogens (tertiary/aromatic N) is 1. The highest BCUT2D eigenvalue weighted by atomic mass is 32.1. The first kappa shape index (κ1) is 22.0. The Morgan fingerprint density at radius 1 is 1.24 bits per heavy atom. The van der Waals surface area contributed by atoms with Crippen LogP contribution in [0.2, 0.25) is 0 Å². The number of ether oxygens (including phenoxy) is 1. The molecule has 0 spiro atoms. The minimum Gasteiger partial charge on any atom is -0.487 e. The lowest BCUT2D eigenvalue weighted by Gasteiger charge is -2.33. The molecule has 34 heavy (non-hydrogen) atoms. The molecule has 174 valence electrons. The molecule has 2 aromatic carbocycles. The Morgan fingerprint density at radius 2 is 2.06 bits per heavy atom. The fourth-order valence-electron chi connectivity index (χ4n) is 4.21. The molecule has 0 bridgehead atoms. The maximum Gasteiger partial charge on any atom is 0.263 e. The minimum atomic E-state index is -0.292. The van der Waals surface area contributed by atoms with Crippen molar-refractivity contribution in [1.82, 2.24) is 5.32 Å². The second kappa shape index (κ2) is 8.49. The van der Waals surface area contributed by atoms with Gasteiger partial charge in [-0.05, 0) is 56.3 Å².